The third-order valence-electron chi connectivity index (χ3n) is 11.2. The molecule has 0 saturated heterocycles. The van der Waals surface area contributed by atoms with Crippen LogP contribution in [0.5, 0.6) is 0 Å². The summed E-state index contributed by atoms with van der Waals surface area (Å²) in [4.78, 5) is 0. The first kappa shape index (κ1) is 28.7. The first-order valence-electron chi connectivity index (χ1n) is 17.1. The molecule has 0 aromatic heterocycles. The molecule has 8 aromatic carbocycles. The molecule has 0 radical (unpaired) electrons. The van der Waals surface area contributed by atoms with Gasteiger partial charge in [-0.3, -0.25) is 0 Å². The molecule has 8 aromatic rings. The molecule has 0 fully saturated rings. The van der Waals surface area contributed by atoms with Gasteiger partial charge in [0.1, 0.15) is 0 Å². The van der Waals surface area contributed by atoms with Crippen LogP contribution in [-0.2, 0) is 5.41 Å². The highest BCUT2D eigenvalue weighted by molar-refractivity contribution is 6.23. The van der Waals surface area contributed by atoms with E-state index in [0.29, 0.717) is 0 Å². The molecule has 1 aliphatic rings. The predicted octanol–water partition coefficient (Wildman–Crippen LogP) is 13.4. The molecular formula is C48H38. The molecule has 0 saturated carbocycles. The molecule has 230 valence electrons. The van der Waals surface area contributed by atoms with E-state index in [4.69, 9.17) is 0 Å². The van der Waals surface area contributed by atoms with Crippen LogP contribution >= 0.6 is 0 Å². The highest BCUT2D eigenvalue weighted by Gasteiger charge is 2.37. The lowest BCUT2D eigenvalue weighted by atomic mass is 9.80. The predicted molar refractivity (Wildman–Crippen MR) is 207 cm³/mol. The Labute approximate surface area is 283 Å². The Kier molecular flexibility index (Phi) is 6.30. The number of aryl methyl sites for hydroxylation is 2. The van der Waals surface area contributed by atoms with Gasteiger partial charge in [-0.25, -0.2) is 0 Å². The maximum absolute atomic E-state index is 2.47. The Morgan fingerprint density at radius 3 is 1.73 bits per heavy atom. The number of hydrogen-bond donors (Lipinski definition) is 0. The molecule has 0 amide bonds. The standard InChI is InChI=1S/C48H38/c1-29-26-34(27-30(2)31(29)3)45-37-17-8-9-18-38(37)46(41-21-13-23-44-47(41)40-19-10-11-22-43(40)48(44,4)5)42-28-33(24-25-39(42)45)36-20-12-15-32-14-6-7-16-35(32)36/h6-28H,1-5H3. The molecule has 0 aliphatic heterocycles. The monoisotopic (exact) mass is 614 g/mol. The van der Waals surface area contributed by atoms with E-state index in [2.05, 4.69) is 174 Å². The fourth-order valence-electron chi connectivity index (χ4n) is 8.57. The van der Waals surface area contributed by atoms with E-state index in [0.717, 1.165) is 0 Å². The molecule has 0 spiro atoms. The molecule has 0 atom stereocenters. The zero-order valence-electron chi connectivity index (χ0n) is 28.3. The highest BCUT2D eigenvalue weighted by Crippen LogP contribution is 2.54. The Morgan fingerprint density at radius 1 is 0.375 bits per heavy atom. The number of hydrogen-bond acceptors (Lipinski definition) is 0. The summed E-state index contributed by atoms with van der Waals surface area (Å²) in [6.07, 6.45) is 0. The van der Waals surface area contributed by atoms with Gasteiger partial charge in [-0.05, 0) is 131 Å². The molecule has 48 heavy (non-hydrogen) atoms. The summed E-state index contributed by atoms with van der Waals surface area (Å²) in [6, 6.07) is 52.5. The second-order valence-corrected chi connectivity index (χ2v) is 14.2. The first-order valence-corrected chi connectivity index (χ1v) is 17.1. The molecule has 0 N–H and O–H groups in total. The van der Waals surface area contributed by atoms with Crippen molar-refractivity contribution in [3.63, 3.8) is 0 Å². The van der Waals surface area contributed by atoms with E-state index in [9.17, 15) is 0 Å². The molecule has 0 bridgehead atoms. The quantitative estimate of drug-likeness (QED) is 0.174. The summed E-state index contributed by atoms with van der Waals surface area (Å²) in [7, 11) is 0. The first-order chi connectivity index (χ1) is 23.3. The Morgan fingerprint density at radius 2 is 0.938 bits per heavy atom. The van der Waals surface area contributed by atoms with E-state index >= 15 is 0 Å². The molecule has 0 heterocycles. The maximum atomic E-state index is 2.47. The van der Waals surface area contributed by atoms with Gasteiger partial charge in [-0.2, -0.15) is 0 Å². The minimum absolute atomic E-state index is 0.0709. The Balaban J connectivity index is 1.46. The van der Waals surface area contributed by atoms with Gasteiger partial charge >= 0.3 is 0 Å². The topological polar surface area (TPSA) is 0 Å². The van der Waals surface area contributed by atoms with Crippen LogP contribution in [0.15, 0.2) is 140 Å². The lowest BCUT2D eigenvalue weighted by Gasteiger charge is -2.23. The Hall–Kier alpha value is -5.46. The lowest BCUT2D eigenvalue weighted by molar-refractivity contribution is 0.660. The summed E-state index contributed by atoms with van der Waals surface area (Å²) >= 11 is 0. The fourth-order valence-corrected chi connectivity index (χ4v) is 8.57. The van der Waals surface area contributed by atoms with E-state index in [1.807, 2.05) is 0 Å². The second-order valence-electron chi connectivity index (χ2n) is 14.2. The van der Waals surface area contributed by atoms with Crippen molar-refractivity contribution in [2.24, 2.45) is 0 Å². The maximum Gasteiger partial charge on any atom is 0.0159 e. The van der Waals surface area contributed by atoms with Crippen molar-refractivity contribution in [1.82, 2.24) is 0 Å². The van der Waals surface area contributed by atoms with Gasteiger partial charge in [0.15, 0.2) is 0 Å². The Bertz CT molecular complexity index is 2580. The summed E-state index contributed by atoms with van der Waals surface area (Å²) in [5.41, 5.74) is 17.2. The van der Waals surface area contributed by atoms with Gasteiger partial charge in [-0.1, -0.05) is 147 Å². The molecule has 1 aliphatic carbocycles. The van der Waals surface area contributed by atoms with Gasteiger partial charge < -0.3 is 0 Å². The average Bonchev–Trinajstić information content (AvgIpc) is 3.35. The molecule has 9 rings (SSSR count). The zero-order valence-corrected chi connectivity index (χ0v) is 28.3. The van der Waals surface area contributed by atoms with E-state index in [1.165, 1.54) is 105 Å². The summed E-state index contributed by atoms with van der Waals surface area (Å²) < 4.78 is 0. The van der Waals surface area contributed by atoms with Crippen molar-refractivity contribution in [1.29, 1.82) is 0 Å². The summed E-state index contributed by atoms with van der Waals surface area (Å²) in [5.74, 6) is 0. The zero-order chi connectivity index (χ0) is 32.7. The van der Waals surface area contributed by atoms with Gasteiger partial charge in [0.05, 0.1) is 0 Å². The molecule has 0 heteroatoms. The van der Waals surface area contributed by atoms with Crippen molar-refractivity contribution in [3.05, 3.63) is 167 Å². The van der Waals surface area contributed by atoms with Crippen molar-refractivity contribution >= 4 is 32.3 Å². The van der Waals surface area contributed by atoms with Crippen LogP contribution < -0.4 is 0 Å². The largest absolute Gasteiger partial charge is 0.0619 e. The number of benzene rings is 8. The number of rotatable bonds is 3. The van der Waals surface area contributed by atoms with Gasteiger partial charge in [0, 0.05) is 5.41 Å². The van der Waals surface area contributed by atoms with Crippen molar-refractivity contribution < 1.29 is 0 Å². The van der Waals surface area contributed by atoms with E-state index in [-0.39, 0.29) is 5.41 Å². The van der Waals surface area contributed by atoms with Gasteiger partial charge in [0.25, 0.3) is 0 Å². The van der Waals surface area contributed by atoms with Crippen LogP contribution in [0.1, 0.15) is 41.7 Å². The van der Waals surface area contributed by atoms with Crippen LogP contribution in [-0.4, -0.2) is 0 Å². The van der Waals surface area contributed by atoms with Crippen molar-refractivity contribution in [2.45, 2.75) is 40.0 Å². The molecule has 0 unspecified atom stereocenters. The molecular weight excluding hydrogens is 577 g/mol. The number of fused-ring (bicyclic) bond motifs is 6. The molecule has 0 nitrogen and oxygen atoms in total. The minimum Gasteiger partial charge on any atom is -0.0619 e. The van der Waals surface area contributed by atoms with Crippen LogP contribution in [0.25, 0.3) is 76.8 Å². The fraction of sp³-hybridized carbons (Fsp3) is 0.125. The normalized spacial score (nSPS) is 13.3. The third-order valence-corrected chi connectivity index (χ3v) is 11.2. The summed E-state index contributed by atoms with van der Waals surface area (Å²) in [6.45, 7) is 11.5. The van der Waals surface area contributed by atoms with Gasteiger partial charge in [-0.15, -0.1) is 0 Å². The van der Waals surface area contributed by atoms with Crippen LogP contribution in [0.4, 0.5) is 0 Å². The lowest BCUT2D eigenvalue weighted by Crippen LogP contribution is -2.14. The van der Waals surface area contributed by atoms with E-state index in [1.54, 1.807) is 0 Å². The second kappa shape index (κ2) is 10.5. The highest BCUT2D eigenvalue weighted by atomic mass is 14.4. The van der Waals surface area contributed by atoms with Crippen LogP contribution in [0.2, 0.25) is 0 Å². The average molecular weight is 615 g/mol. The minimum atomic E-state index is -0.0709. The van der Waals surface area contributed by atoms with Crippen LogP contribution in [0.3, 0.4) is 0 Å². The summed E-state index contributed by atoms with van der Waals surface area (Å²) in [5, 5.41) is 7.71. The van der Waals surface area contributed by atoms with E-state index < -0.39 is 0 Å². The van der Waals surface area contributed by atoms with Crippen molar-refractivity contribution in [3.8, 4) is 44.5 Å². The SMILES string of the molecule is Cc1cc(-c2c3ccccc3c(-c3cccc4c3-c3ccccc3C4(C)C)c3cc(-c4cccc5ccccc45)ccc23)cc(C)c1C. The van der Waals surface area contributed by atoms with Crippen LogP contribution in [0, 0.1) is 20.8 Å². The third kappa shape index (κ3) is 4.09. The smallest absolute Gasteiger partial charge is 0.0159 e. The van der Waals surface area contributed by atoms with Gasteiger partial charge in [0.2, 0.25) is 0 Å². The van der Waals surface area contributed by atoms with Crippen molar-refractivity contribution in [2.75, 3.05) is 0 Å².